The molecule has 1 aliphatic carbocycles. The first kappa shape index (κ1) is 19.5. The van der Waals surface area contributed by atoms with Crippen molar-refractivity contribution in [2.75, 3.05) is 10.6 Å². The van der Waals surface area contributed by atoms with Gasteiger partial charge in [0, 0.05) is 36.1 Å². The zero-order valence-corrected chi connectivity index (χ0v) is 16.5. The number of fused-ring (bicyclic) bond motifs is 1. The molecule has 0 amide bonds. The van der Waals surface area contributed by atoms with Crippen LogP contribution in [0, 0.1) is 5.92 Å². The van der Waals surface area contributed by atoms with E-state index in [0.717, 1.165) is 36.6 Å². The van der Waals surface area contributed by atoms with Crippen LogP contribution in [0.5, 0.6) is 0 Å². The van der Waals surface area contributed by atoms with Crippen molar-refractivity contribution < 1.29 is 13.2 Å². The average molecular weight is 404 g/mol. The van der Waals surface area contributed by atoms with Crippen molar-refractivity contribution >= 4 is 28.5 Å². The minimum Gasteiger partial charge on any atom is -0.364 e. The van der Waals surface area contributed by atoms with Gasteiger partial charge in [0.2, 0.25) is 5.95 Å². The molecule has 9 heteroatoms. The smallest absolute Gasteiger partial charge is 0.364 e. The predicted octanol–water partition coefficient (Wildman–Crippen LogP) is 5.21. The van der Waals surface area contributed by atoms with Crippen LogP contribution in [0.3, 0.4) is 0 Å². The summed E-state index contributed by atoms with van der Waals surface area (Å²) in [6, 6.07) is 3.73. The highest BCUT2D eigenvalue weighted by Crippen LogP contribution is 2.41. The van der Waals surface area contributed by atoms with Gasteiger partial charge in [0.1, 0.15) is 17.0 Å². The summed E-state index contributed by atoms with van der Waals surface area (Å²) in [5.41, 5.74) is 0.305. The van der Waals surface area contributed by atoms with Crippen LogP contribution in [0.2, 0.25) is 0 Å². The molecule has 3 aromatic rings. The molecule has 6 nitrogen and oxygen atoms in total. The highest BCUT2D eigenvalue weighted by Gasteiger charge is 2.42. The molecular weight excluding hydrogens is 381 g/mol. The van der Waals surface area contributed by atoms with E-state index in [1.54, 1.807) is 6.20 Å². The Labute approximate surface area is 166 Å². The maximum absolute atomic E-state index is 13.4. The molecule has 0 atom stereocenters. The van der Waals surface area contributed by atoms with Crippen LogP contribution in [0.1, 0.15) is 39.2 Å². The molecular formula is C20H23F3N6. The molecule has 1 aliphatic rings. The molecule has 0 aliphatic heterocycles. The minimum atomic E-state index is -4.52. The largest absolute Gasteiger partial charge is 0.421 e. The molecule has 3 aromatic heterocycles. The van der Waals surface area contributed by atoms with Gasteiger partial charge in [0.25, 0.3) is 0 Å². The number of hydrogen-bond acceptors (Lipinski definition) is 5. The molecule has 1 saturated carbocycles. The number of halogens is 3. The molecule has 154 valence electrons. The highest BCUT2D eigenvalue weighted by molar-refractivity contribution is 5.91. The third kappa shape index (κ3) is 4.13. The maximum Gasteiger partial charge on any atom is 0.421 e. The van der Waals surface area contributed by atoms with Crippen LogP contribution < -0.4 is 10.6 Å². The summed E-state index contributed by atoms with van der Waals surface area (Å²) in [7, 11) is 0. The molecule has 0 unspecified atom stereocenters. The number of hydrogen-bond donors (Lipinski definition) is 2. The number of alkyl halides is 3. The lowest BCUT2D eigenvalue weighted by atomic mass is 10.2. The number of nitrogens with one attached hydrogen (secondary N) is 2. The first-order valence-electron chi connectivity index (χ1n) is 9.58. The summed E-state index contributed by atoms with van der Waals surface area (Å²) < 4.78 is 42.2. The van der Waals surface area contributed by atoms with Crippen molar-refractivity contribution in [2.24, 2.45) is 5.92 Å². The Morgan fingerprint density at radius 1 is 1.24 bits per heavy atom. The second-order valence-corrected chi connectivity index (χ2v) is 8.23. The van der Waals surface area contributed by atoms with Crippen molar-refractivity contribution in [2.45, 2.75) is 51.9 Å². The van der Waals surface area contributed by atoms with Gasteiger partial charge < -0.3 is 15.2 Å². The van der Waals surface area contributed by atoms with Crippen molar-refractivity contribution in [1.82, 2.24) is 19.5 Å². The highest BCUT2D eigenvalue weighted by atomic mass is 19.4. The van der Waals surface area contributed by atoms with Crippen molar-refractivity contribution in [1.29, 1.82) is 0 Å². The number of pyridine rings is 1. The predicted molar refractivity (Wildman–Crippen MR) is 106 cm³/mol. The van der Waals surface area contributed by atoms with E-state index in [2.05, 4.69) is 39.4 Å². The lowest BCUT2D eigenvalue weighted by Gasteiger charge is -2.18. The average Bonchev–Trinajstić information content (AvgIpc) is 3.26. The fourth-order valence-corrected chi connectivity index (χ4v) is 3.22. The standard InChI is InChI=1S/C20H23F3N6/c1-12(2)10-29-11-15(13-5-4-8-24-17(13)29)26-18-25-9-14(20(21,22)23)16(27-18)28-19(3)6-7-19/h4-5,8-9,11-12H,6-7,10H2,1-3H3,(H2,25,26,27,28). The van der Waals surface area contributed by atoms with Crippen molar-refractivity contribution in [3.63, 3.8) is 0 Å². The van der Waals surface area contributed by atoms with E-state index < -0.39 is 11.7 Å². The van der Waals surface area contributed by atoms with E-state index >= 15 is 0 Å². The van der Waals surface area contributed by atoms with Crippen LogP contribution in [-0.2, 0) is 12.7 Å². The molecule has 4 rings (SSSR count). The summed E-state index contributed by atoms with van der Waals surface area (Å²) in [5.74, 6) is 0.328. The van der Waals surface area contributed by atoms with Crippen molar-refractivity contribution in [3.05, 3.63) is 36.3 Å². The Morgan fingerprint density at radius 2 is 2.00 bits per heavy atom. The molecule has 1 fully saturated rings. The van der Waals surface area contributed by atoms with Gasteiger partial charge in [0.05, 0.1) is 5.69 Å². The molecule has 0 aromatic carbocycles. The number of anilines is 3. The first-order valence-corrected chi connectivity index (χ1v) is 9.58. The van der Waals surface area contributed by atoms with Gasteiger partial charge >= 0.3 is 6.18 Å². The van der Waals surface area contributed by atoms with Crippen LogP contribution in [-0.4, -0.2) is 25.1 Å². The molecule has 0 radical (unpaired) electrons. The third-order valence-electron chi connectivity index (χ3n) is 4.96. The summed E-state index contributed by atoms with van der Waals surface area (Å²) in [4.78, 5) is 12.5. The zero-order valence-electron chi connectivity index (χ0n) is 16.5. The molecule has 0 saturated heterocycles. The van der Waals surface area contributed by atoms with Gasteiger partial charge in [-0.05, 0) is 37.8 Å². The minimum absolute atomic E-state index is 0.109. The SMILES string of the molecule is CC(C)Cn1cc(Nc2ncc(C(F)(F)F)c(NC3(C)CC3)n2)c2cccnc21. The van der Waals surface area contributed by atoms with E-state index in [1.165, 1.54) is 0 Å². The van der Waals surface area contributed by atoms with Crippen LogP contribution in [0.15, 0.2) is 30.7 Å². The summed E-state index contributed by atoms with van der Waals surface area (Å²) in [6.45, 7) is 6.87. The maximum atomic E-state index is 13.4. The Kier molecular flexibility index (Phi) is 4.63. The van der Waals surface area contributed by atoms with Crippen LogP contribution in [0.4, 0.5) is 30.6 Å². The number of aromatic nitrogens is 4. The lowest BCUT2D eigenvalue weighted by Crippen LogP contribution is -2.21. The summed E-state index contributed by atoms with van der Waals surface area (Å²) in [6.07, 6.45) is 1.54. The van der Waals surface area contributed by atoms with E-state index in [1.807, 2.05) is 29.8 Å². The fraction of sp³-hybridized carbons (Fsp3) is 0.450. The monoisotopic (exact) mass is 404 g/mol. The molecule has 0 bridgehead atoms. The lowest BCUT2D eigenvalue weighted by molar-refractivity contribution is -0.137. The Morgan fingerprint density at radius 3 is 2.66 bits per heavy atom. The van der Waals surface area contributed by atoms with Gasteiger partial charge in [-0.15, -0.1) is 0 Å². The topological polar surface area (TPSA) is 67.7 Å². The molecule has 0 spiro atoms. The normalized spacial score (nSPS) is 15.7. The Hall–Kier alpha value is -2.84. The fourth-order valence-electron chi connectivity index (χ4n) is 3.22. The van der Waals surface area contributed by atoms with Crippen LogP contribution >= 0.6 is 0 Å². The van der Waals surface area contributed by atoms with Gasteiger partial charge in [-0.2, -0.15) is 18.2 Å². The quantitative estimate of drug-likeness (QED) is 0.590. The number of nitrogens with zero attached hydrogens (tertiary/aromatic N) is 4. The molecule has 2 N–H and O–H groups in total. The molecule has 29 heavy (non-hydrogen) atoms. The van der Waals surface area contributed by atoms with Crippen molar-refractivity contribution in [3.8, 4) is 0 Å². The van der Waals surface area contributed by atoms with E-state index in [-0.39, 0.29) is 17.3 Å². The van der Waals surface area contributed by atoms with E-state index in [0.29, 0.717) is 11.6 Å². The second-order valence-electron chi connectivity index (χ2n) is 8.23. The first-order chi connectivity index (χ1) is 13.6. The Bertz CT molecular complexity index is 1040. The van der Waals surface area contributed by atoms with Gasteiger partial charge in [-0.1, -0.05) is 13.8 Å². The van der Waals surface area contributed by atoms with Crippen LogP contribution in [0.25, 0.3) is 11.0 Å². The van der Waals surface area contributed by atoms with Gasteiger partial charge in [-0.25, -0.2) is 9.97 Å². The number of rotatable bonds is 6. The molecule has 3 heterocycles. The second kappa shape index (κ2) is 6.89. The van der Waals surface area contributed by atoms with E-state index in [4.69, 9.17) is 0 Å². The summed E-state index contributed by atoms with van der Waals surface area (Å²) in [5, 5.41) is 6.87. The zero-order chi connectivity index (χ0) is 20.8. The third-order valence-corrected chi connectivity index (χ3v) is 4.96. The van der Waals surface area contributed by atoms with Gasteiger partial charge in [0.15, 0.2) is 0 Å². The van der Waals surface area contributed by atoms with E-state index in [9.17, 15) is 13.2 Å². The van der Waals surface area contributed by atoms with Gasteiger partial charge in [-0.3, -0.25) is 0 Å². The Balaban J connectivity index is 1.70. The summed E-state index contributed by atoms with van der Waals surface area (Å²) >= 11 is 0.